The van der Waals surface area contributed by atoms with E-state index in [9.17, 15) is 4.79 Å². The van der Waals surface area contributed by atoms with Crippen molar-refractivity contribution in [2.24, 2.45) is 5.73 Å². The zero-order chi connectivity index (χ0) is 13.1. The van der Waals surface area contributed by atoms with E-state index in [4.69, 9.17) is 10.2 Å². The van der Waals surface area contributed by atoms with Crippen molar-refractivity contribution in [1.82, 2.24) is 14.8 Å². The van der Waals surface area contributed by atoms with Crippen molar-refractivity contribution in [1.29, 1.82) is 0 Å². The summed E-state index contributed by atoms with van der Waals surface area (Å²) < 4.78 is 7.04. The number of carbonyl (C=O) groups excluding carboxylic acids is 1. The fourth-order valence-electron chi connectivity index (χ4n) is 1.70. The lowest BCUT2D eigenvalue weighted by Crippen LogP contribution is -2.12. The molecule has 96 valence electrons. The van der Waals surface area contributed by atoms with Gasteiger partial charge in [-0.3, -0.25) is 4.79 Å². The third-order valence-electron chi connectivity index (χ3n) is 2.59. The molecule has 0 saturated carbocycles. The van der Waals surface area contributed by atoms with Crippen LogP contribution in [0.4, 0.5) is 0 Å². The minimum absolute atomic E-state index is 0.121. The predicted molar refractivity (Wildman–Crippen MR) is 65.0 cm³/mol. The molecule has 2 rings (SSSR count). The van der Waals surface area contributed by atoms with E-state index < -0.39 is 0 Å². The Morgan fingerprint density at radius 2 is 2.28 bits per heavy atom. The molecule has 2 N–H and O–H groups in total. The Morgan fingerprint density at radius 3 is 2.89 bits per heavy atom. The second-order valence-electron chi connectivity index (χ2n) is 4.28. The van der Waals surface area contributed by atoms with Gasteiger partial charge in [-0.25, -0.2) is 9.67 Å². The molecule has 18 heavy (non-hydrogen) atoms. The first-order chi connectivity index (χ1) is 8.61. The van der Waals surface area contributed by atoms with E-state index in [1.54, 1.807) is 16.8 Å². The van der Waals surface area contributed by atoms with Gasteiger partial charge in [0.15, 0.2) is 5.76 Å². The molecule has 2 aromatic rings. The van der Waals surface area contributed by atoms with Gasteiger partial charge in [0.25, 0.3) is 0 Å². The molecular formula is C12H16N4O2. The summed E-state index contributed by atoms with van der Waals surface area (Å²) in [6, 6.07) is 3.52. The highest BCUT2D eigenvalue weighted by Gasteiger charge is 2.16. The fourth-order valence-corrected chi connectivity index (χ4v) is 1.70. The molecule has 0 radical (unpaired) electrons. The number of ketones is 1. The highest BCUT2D eigenvalue weighted by Crippen LogP contribution is 2.12. The van der Waals surface area contributed by atoms with Gasteiger partial charge in [-0.05, 0) is 26.0 Å². The molecule has 2 heterocycles. The standard InChI is InChI=1S/C12H16N4O2/c1-8(2)16-12(14-7-15-16)5-10(17)11-4-3-9(6-13)18-11/h3-4,7-8H,5-6,13H2,1-2H3. The van der Waals surface area contributed by atoms with E-state index in [0.717, 1.165) is 0 Å². The Morgan fingerprint density at radius 1 is 1.50 bits per heavy atom. The van der Waals surface area contributed by atoms with Crippen molar-refractivity contribution in [3.8, 4) is 0 Å². The van der Waals surface area contributed by atoms with Crippen molar-refractivity contribution in [3.63, 3.8) is 0 Å². The van der Waals surface area contributed by atoms with E-state index in [2.05, 4.69) is 10.1 Å². The van der Waals surface area contributed by atoms with Crippen LogP contribution in [0.1, 0.15) is 42.0 Å². The zero-order valence-electron chi connectivity index (χ0n) is 10.5. The first kappa shape index (κ1) is 12.5. The van der Waals surface area contributed by atoms with Crippen LogP contribution in [0.15, 0.2) is 22.9 Å². The third-order valence-corrected chi connectivity index (χ3v) is 2.59. The van der Waals surface area contributed by atoms with Gasteiger partial charge in [0.1, 0.15) is 17.9 Å². The van der Waals surface area contributed by atoms with Crippen molar-refractivity contribution < 1.29 is 9.21 Å². The largest absolute Gasteiger partial charge is 0.457 e. The van der Waals surface area contributed by atoms with Crippen molar-refractivity contribution >= 4 is 5.78 Å². The molecule has 6 heteroatoms. The first-order valence-electron chi connectivity index (χ1n) is 5.82. The third kappa shape index (κ3) is 2.48. The summed E-state index contributed by atoms with van der Waals surface area (Å²) in [5.74, 6) is 1.43. The van der Waals surface area contributed by atoms with Crippen LogP contribution in [0.5, 0.6) is 0 Å². The number of rotatable bonds is 5. The Bertz CT molecular complexity index is 542. The number of carbonyl (C=O) groups is 1. The second kappa shape index (κ2) is 5.14. The Balaban J connectivity index is 2.13. The van der Waals surface area contributed by atoms with Crippen molar-refractivity contribution in [3.05, 3.63) is 35.8 Å². The first-order valence-corrected chi connectivity index (χ1v) is 5.82. The maximum Gasteiger partial charge on any atom is 0.205 e. The lowest BCUT2D eigenvalue weighted by molar-refractivity contribution is 0.0960. The van der Waals surface area contributed by atoms with E-state index >= 15 is 0 Å². The van der Waals surface area contributed by atoms with Gasteiger partial charge in [0, 0.05) is 6.04 Å². The SMILES string of the molecule is CC(C)n1ncnc1CC(=O)c1ccc(CN)o1. The molecule has 0 aliphatic carbocycles. The minimum Gasteiger partial charge on any atom is -0.457 e. The van der Waals surface area contributed by atoms with E-state index in [-0.39, 0.29) is 24.8 Å². The Hall–Kier alpha value is -1.95. The number of hydrogen-bond donors (Lipinski definition) is 1. The maximum atomic E-state index is 12.0. The quantitative estimate of drug-likeness (QED) is 0.807. The number of hydrogen-bond acceptors (Lipinski definition) is 5. The molecule has 6 nitrogen and oxygen atoms in total. The molecule has 2 aromatic heterocycles. The summed E-state index contributed by atoms with van der Waals surface area (Å²) in [6.07, 6.45) is 1.63. The number of Topliss-reactive ketones (excluding diaryl/α,β-unsaturated/α-hetero) is 1. The number of aromatic nitrogens is 3. The number of nitrogens with two attached hydrogens (primary N) is 1. The van der Waals surface area contributed by atoms with Gasteiger partial charge in [-0.2, -0.15) is 5.10 Å². The van der Waals surface area contributed by atoms with Crippen molar-refractivity contribution in [2.45, 2.75) is 32.9 Å². The average molecular weight is 248 g/mol. The van der Waals surface area contributed by atoms with Crippen LogP contribution in [0, 0.1) is 0 Å². The molecular weight excluding hydrogens is 232 g/mol. The molecule has 0 fully saturated rings. The van der Waals surface area contributed by atoms with Gasteiger partial charge >= 0.3 is 0 Å². The minimum atomic E-state index is -0.121. The van der Waals surface area contributed by atoms with Crippen LogP contribution in [0.25, 0.3) is 0 Å². The molecule has 0 aromatic carbocycles. The van der Waals surface area contributed by atoms with Crippen LogP contribution < -0.4 is 5.73 Å². The molecule has 0 atom stereocenters. The van der Waals surface area contributed by atoms with Crippen LogP contribution >= 0.6 is 0 Å². The van der Waals surface area contributed by atoms with Gasteiger partial charge < -0.3 is 10.2 Å². The predicted octanol–water partition coefficient (Wildman–Crippen LogP) is 1.34. The van der Waals surface area contributed by atoms with E-state index in [1.165, 1.54) is 6.33 Å². The summed E-state index contributed by atoms with van der Waals surface area (Å²) in [6.45, 7) is 4.26. The van der Waals surface area contributed by atoms with E-state index in [1.807, 2.05) is 13.8 Å². The summed E-state index contributed by atoms with van der Waals surface area (Å²) >= 11 is 0. The lowest BCUT2D eigenvalue weighted by Gasteiger charge is -2.07. The van der Waals surface area contributed by atoms with Crippen LogP contribution in [-0.2, 0) is 13.0 Å². The van der Waals surface area contributed by atoms with Crippen LogP contribution in [-0.4, -0.2) is 20.5 Å². The summed E-state index contributed by atoms with van der Waals surface area (Å²) in [4.78, 5) is 16.1. The monoisotopic (exact) mass is 248 g/mol. The summed E-state index contributed by atoms with van der Waals surface area (Å²) in [7, 11) is 0. The van der Waals surface area contributed by atoms with Crippen LogP contribution in [0.2, 0.25) is 0 Å². The molecule has 0 aliphatic rings. The number of nitrogens with zero attached hydrogens (tertiary/aromatic N) is 3. The summed E-state index contributed by atoms with van der Waals surface area (Å²) in [5.41, 5.74) is 5.43. The smallest absolute Gasteiger partial charge is 0.205 e. The van der Waals surface area contributed by atoms with Crippen LogP contribution in [0.3, 0.4) is 0 Å². The van der Waals surface area contributed by atoms with Gasteiger partial charge in [-0.15, -0.1) is 0 Å². The molecule has 0 unspecified atom stereocenters. The fraction of sp³-hybridized carbons (Fsp3) is 0.417. The summed E-state index contributed by atoms with van der Waals surface area (Å²) in [5, 5.41) is 4.09. The van der Waals surface area contributed by atoms with Gasteiger partial charge in [-0.1, -0.05) is 0 Å². The second-order valence-corrected chi connectivity index (χ2v) is 4.28. The molecule has 0 saturated heterocycles. The normalized spacial score (nSPS) is 11.1. The van der Waals surface area contributed by atoms with Crippen molar-refractivity contribution in [2.75, 3.05) is 0 Å². The van der Waals surface area contributed by atoms with E-state index in [0.29, 0.717) is 17.3 Å². The highest BCUT2D eigenvalue weighted by molar-refractivity contribution is 5.94. The Labute approximate surface area is 105 Å². The van der Waals surface area contributed by atoms with Gasteiger partial charge in [0.2, 0.25) is 5.78 Å². The maximum absolute atomic E-state index is 12.0. The molecule has 0 aliphatic heterocycles. The topological polar surface area (TPSA) is 86.9 Å². The lowest BCUT2D eigenvalue weighted by atomic mass is 10.2. The average Bonchev–Trinajstić information content (AvgIpc) is 2.96. The molecule has 0 bridgehead atoms. The Kier molecular flexibility index (Phi) is 3.57. The number of furan rings is 1. The van der Waals surface area contributed by atoms with Gasteiger partial charge in [0.05, 0.1) is 13.0 Å². The molecule has 0 spiro atoms. The highest BCUT2D eigenvalue weighted by atomic mass is 16.3. The zero-order valence-corrected chi connectivity index (χ0v) is 10.5. The molecule has 0 amide bonds.